The van der Waals surface area contributed by atoms with Gasteiger partial charge in [-0.2, -0.15) is 0 Å². The fourth-order valence-corrected chi connectivity index (χ4v) is 1.72. The lowest BCUT2D eigenvalue weighted by atomic mass is 10.6. The Morgan fingerprint density at radius 1 is 0.517 bits per heavy atom. The van der Waals surface area contributed by atoms with E-state index >= 15 is 0 Å². The van der Waals surface area contributed by atoms with Crippen molar-refractivity contribution in [3.8, 4) is 0 Å². The van der Waals surface area contributed by atoms with Gasteiger partial charge in [0, 0.05) is 6.92 Å². The zero-order valence-electron chi connectivity index (χ0n) is 17.1. The van der Waals surface area contributed by atoms with Crippen LogP contribution in [0.15, 0.2) is 0 Å². The highest BCUT2D eigenvalue weighted by molar-refractivity contribution is 5.68. The summed E-state index contributed by atoms with van der Waals surface area (Å²) in [5, 5.41) is 8.37. The summed E-state index contributed by atoms with van der Waals surface area (Å²) >= 11 is 0. The molecule has 0 saturated carbocycles. The lowest BCUT2D eigenvalue weighted by molar-refractivity contribution is -0.143. The lowest BCUT2D eigenvalue weighted by Gasteiger charge is -2.08. The molecular weight excluding hydrogens is 392 g/mol. The molecule has 0 aliphatic carbocycles. The van der Waals surface area contributed by atoms with E-state index in [4.69, 9.17) is 43.0 Å². The molecule has 0 aliphatic rings. The molecule has 0 aromatic heterocycles. The van der Waals surface area contributed by atoms with Gasteiger partial charge in [-0.1, -0.05) is 0 Å². The van der Waals surface area contributed by atoms with Crippen molar-refractivity contribution >= 4 is 11.9 Å². The molecule has 11 nitrogen and oxygen atoms in total. The SMILES string of the molecule is CC(=O)OCCOCCOCCOCCOCCOCCOCCOCC(=O)O. The molecule has 0 spiro atoms. The molecule has 0 fully saturated rings. The molecule has 0 saturated heterocycles. The number of carboxylic acid groups (broad SMARTS) is 1. The van der Waals surface area contributed by atoms with Crippen LogP contribution in [-0.4, -0.2) is 116 Å². The summed E-state index contributed by atoms with van der Waals surface area (Å²) in [6.07, 6.45) is 0. The molecule has 0 radical (unpaired) electrons. The predicted octanol–water partition coefficient (Wildman–Crippen LogP) is -0.250. The van der Waals surface area contributed by atoms with Crippen molar-refractivity contribution in [2.75, 3.05) is 99.1 Å². The second-order valence-electron chi connectivity index (χ2n) is 5.46. The summed E-state index contributed by atoms with van der Waals surface area (Å²) in [4.78, 5) is 20.7. The maximum absolute atomic E-state index is 10.5. The number of carbonyl (C=O) groups is 2. The maximum atomic E-state index is 10.5. The Morgan fingerprint density at radius 2 is 0.793 bits per heavy atom. The van der Waals surface area contributed by atoms with Crippen LogP contribution in [0.4, 0.5) is 0 Å². The van der Waals surface area contributed by atoms with E-state index < -0.39 is 5.97 Å². The number of hydrogen-bond donors (Lipinski definition) is 1. The van der Waals surface area contributed by atoms with Crippen LogP contribution in [0.1, 0.15) is 6.92 Å². The summed E-state index contributed by atoms with van der Waals surface area (Å²) < 4.78 is 41.3. The van der Waals surface area contributed by atoms with E-state index in [1.807, 2.05) is 0 Å². The summed E-state index contributed by atoms with van der Waals surface area (Å²) in [7, 11) is 0. The first-order chi connectivity index (χ1) is 14.1. The quantitative estimate of drug-likeness (QED) is 0.172. The molecule has 0 bridgehead atoms. The van der Waals surface area contributed by atoms with E-state index in [0.29, 0.717) is 79.3 Å². The third kappa shape index (κ3) is 26.7. The van der Waals surface area contributed by atoms with Crippen LogP contribution in [0.25, 0.3) is 0 Å². The molecule has 29 heavy (non-hydrogen) atoms. The summed E-state index contributed by atoms with van der Waals surface area (Å²) in [5.74, 6) is -1.31. The Hall–Kier alpha value is -1.34. The van der Waals surface area contributed by atoms with Gasteiger partial charge in [0.1, 0.15) is 13.2 Å². The minimum absolute atomic E-state index is 0.242. The Labute approximate surface area is 171 Å². The van der Waals surface area contributed by atoms with Crippen LogP contribution in [0, 0.1) is 0 Å². The normalized spacial score (nSPS) is 10.9. The minimum atomic E-state index is -0.997. The van der Waals surface area contributed by atoms with Gasteiger partial charge in [-0.05, 0) is 0 Å². The largest absolute Gasteiger partial charge is 0.480 e. The van der Waals surface area contributed by atoms with Crippen molar-refractivity contribution < 1.29 is 52.6 Å². The first kappa shape index (κ1) is 27.7. The molecule has 1 N–H and O–H groups in total. The van der Waals surface area contributed by atoms with Crippen molar-refractivity contribution in [3.63, 3.8) is 0 Å². The van der Waals surface area contributed by atoms with Crippen LogP contribution < -0.4 is 0 Å². The number of aliphatic carboxylic acids is 1. The molecule has 0 aliphatic heterocycles. The third-order valence-corrected chi connectivity index (χ3v) is 2.99. The van der Waals surface area contributed by atoms with Gasteiger partial charge in [0.05, 0.1) is 85.9 Å². The Morgan fingerprint density at radius 3 is 1.07 bits per heavy atom. The average molecular weight is 426 g/mol. The molecule has 172 valence electrons. The minimum Gasteiger partial charge on any atom is -0.480 e. The second-order valence-corrected chi connectivity index (χ2v) is 5.46. The van der Waals surface area contributed by atoms with E-state index in [2.05, 4.69) is 0 Å². The zero-order chi connectivity index (χ0) is 21.4. The van der Waals surface area contributed by atoms with Crippen molar-refractivity contribution in [2.24, 2.45) is 0 Å². The topological polar surface area (TPSA) is 128 Å². The first-order valence-electron chi connectivity index (χ1n) is 9.52. The number of carboxylic acids is 1. The Kier molecular flexibility index (Phi) is 21.9. The highest BCUT2D eigenvalue weighted by Crippen LogP contribution is 1.85. The monoisotopic (exact) mass is 426 g/mol. The van der Waals surface area contributed by atoms with Crippen molar-refractivity contribution in [3.05, 3.63) is 0 Å². The molecule has 0 rings (SSSR count). The van der Waals surface area contributed by atoms with Crippen LogP contribution in [-0.2, 0) is 47.5 Å². The second kappa shape index (κ2) is 22.9. The van der Waals surface area contributed by atoms with Crippen LogP contribution >= 0.6 is 0 Å². The van der Waals surface area contributed by atoms with Gasteiger partial charge < -0.3 is 43.0 Å². The fraction of sp³-hybridized carbons (Fsp3) is 0.889. The molecular formula is C18H34O11. The van der Waals surface area contributed by atoms with Gasteiger partial charge in [0.2, 0.25) is 0 Å². The summed E-state index contributed by atoms with van der Waals surface area (Å²) in [6.45, 7) is 6.77. The predicted molar refractivity (Wildman–Crippen MR) is 100 cm³/mol. The average Bonchev–Trinajstić information content (AvgIpc) is 2.68. The van der Waals surface area contributed by atoms with E-state index in [0.717, 1.165) is 0 Å². The van der Waals surface area contributed by atoms with E-state index in [9.17, 15) is 9.59 Å². The molecule has 0 heterocycles. The zero-order valence-corrected chi connectivity index (χ0v) is 17.1. The molecule has 11 heteroatoms. The van der Waals surface area contributed by atoms with Crippen molar-refractivity contribution in [1.29, 1.82) is 0 Å². The van der Waals surface area contributed by atoms with E-state index in [-0.39, 0.29) is 25.8 Å². The molecule has 0 amide bonds. The highest BCUT2D eigenvalue weighted by atomic mass is 16.6. The van der Waals surface area contributed by atoms with Crippen molar-refractivity contribution in [1.82, 2.24) is 0 Å². The van der Waals surface area contributed by atoms with E-state index in [1.165, 1.54) is 6.92 Å². The number of esters is 1. The standard InChI is InChI=1S/C18H34O11/c1-17(19)29-15-14-27-11-10-25-7-6-23-3-2-22-4-5-24-8-9-26-12-13-28-16-18(20)21/h2-16H2,1H3,(H,20,21). The summed E-state index contributed by atoms with van der Waals surface area (Å²) in [6, 6.07) is 0. The number of rotatable bonds is 23. The van der Waals surface area contributed by atoms with Crippen LogP contribution in [0.2, 0.25) is 0 Å². The van der Waals surface area contributed by atoms with E-state index in [1.54, 1.807) is 0 Å². The maximum Gasteiger partial charge on any atom is 0.329 e. The van der Waals surface area contributed by atoms with Crippen LogP contribution in [0.5, 0.6) is 0 Å². The van der Waals surface area contributed by atoms with Crippen molar-refractivity contribution in [2.45, 2.75) is 6.92 Å². The Bertz CT molecular complexity index is 345. The van der Waals surface area contributed by atoms with Gasteiger partial charge in [0.25, 0.3) is 0 Å². The van der Waals surface area contributed by atoms with Gasteiger partial charge in [-0.15, -0.1) is 0 Å². The van der Waals surface area contributed by atoms with Gasteiger partial charge in [0.15, 0.2) is 0 Å². The molecule has 0 atom stereocenters. The third-order valence-electron chi connectivity index (χ3n) is 2.99. The number of carbonyl (C=O) groups excluding carboxylic acids is 1. The van der Waals surface area contributed by atoms with Gasteiger partial charge in [-0.3, -0.25) is 4.79 Å². The smallest absolute Gasteiger partial charge is 0.329 e. The fourth-order valence-electron chi connectivity index (χ4n) is 1.72. The highest BCUT2D eigenvalue weighted by Gasteiger charge is 1.97. The Balaban J connectivity index is 3.01. The first-order valence-corrected chi connectivity index (χ1v) is 9.52. The molecule has 0 aromatic carbocycles. The van der Waals surface area contributed by atoms with Gasteiger partial charge >= 0.3 is 11.9 Å². The number of ether oxygens (including phenoxy) is 8. The molecule has 0 unspecified atom stereocenters. The van der Waals surface area contributed by atoms with Crippen LogP contribution in [0.3, 0.4) is 0 Å². The van der Waals surface area contributed by atoms with Gasteiger partial charge in [-0.25, -0.2) is 4.79 Å². The lowest BCUT2D eigenvalue weighted by Crippen LogP contribution is -2.15. The molecule has 0 aromatic rings. The number of hydrogen-bond acceptors (Lipinski definition) is 10. The summed E-state index contributed by atoms with van der Waals surface area (Å²) in [5.41, 5.74) is 0.